The van der Waals surface area contributed by atoms with E-state index in [9.17, 15) is 0 Å². The van der Waals surface area contributed by atoms with Crippen molar-refractivity contribution >= 4 is 65.5 Å². The number of rotatable bonds is 4. The van der Waals surface area contributed by atoms with Crippen molar-refractivity contribution in [2.24, 2.45) is 0 Å². The van der Waals surface area contributed by atoms with E-state index in [1.54, 1.807) is 10.6 Å². The molecule has 4 heteroatoms. The third-order valence-electron chi connectivity index (χ3n) is 9.93. The molecule has 238 valence electrons. The largest absolute Gasteiger partial charge is 0.309 e. The van der Waals surface area contributed by atoms with Gasteiger partial charge < -0.3 is 9.13 Å². The molecular formula is C47H30N4. The summed E-state index contributed by atoms with van der Waals surface area (Å²) in [6.45, 7) is 0. The summed E-state index contributed by atoms with van der Waals surface area (Å²) in [6.07, 6.45) is 1.92. The highest BCUT2D eigenvalue weighted by Crippen LogP contribution is 2.39. The van der Waals surface area contributed by atoms with Crippen molar-refractivity contribution in [2.75, 3.05) is 0 Å². The van der Waals surface area contributed by atoms with Crippen LogP contribution in [0.25, 0.3) is 93.7 Å². The van der Waals surface area contributed by atoms with Crippen LogP contribution in [0.2, 0.25) is 0 Å². The number of hydrogen-bond donors (Lipinski definition) is 0. The molecule has 4 aromatic heterocycles. The number of hydrogen-bond acceptors (Lipinski definition) is 1. The Labute approximate surface area is 304 Å². The molecule has 0 bridgehead atoms. The van der Waals surface area contributed by atoms with E-state index in [0.717, 1.165) is 55.5 Å². The SMILES string of the molecule is [2H]c1c([2H])c([2H])c2c(c1[2H])c1c([2H])c([2H])c([2H])c([2H])c1n2-c1cccc(-c2ccccc2-n2c3ccccc3c3cc(-n4c5ccccc5c5ccccc54)cnc32)c1. The Balaban J connectivity index is 1.15. The molecule has 0 aliphatic carbocycles. The summed E-state index contributed by atoms with van der Waals surface area (Å²) < 4.78 is 75.6. The number of para-hydroxylation sites is 6. The fraction of sp³-hybridized carbons (Fsp3) is 0. The van der Waals surface area contributed by atoms with Crippen LogP contribution < -0.4 is 0 Å². The highest BCUT2D eigenvalue weighted by atomic mass is 15.1. The Bertz CT molecular complexity index is 3490. The van der Waals surface area contributed by atoms with E-state index in [1.165, 1.54) is 10.8 Å². The smallest absolute Gasteiger partial charge is 0.145 e. The van der Waals surface area contributed by atoms with Gasteiger partial charge in [-0.3, -0.25) is 4.57 Å². The topological polar surface area (TPSA) is 27.7 Å². The minimum absolute atomic E-state index is 0.0421. The lowest BCUT2D eigenvalue weighted by molar-refractivity contribution is 1.11. The maximum Gasteiger partial charge on any atom is 0.145 e. The molecule has 11 aromatic rings. The van der Waals surface area contributed by atoms with Crippen LogP contribution in [0, 0.1) is 0 Å². The maximum absolute atomic E-state index is 9.00. The molecule has 0 aliphatic heterocycles. The summed E-state index contributed by atoms with van der Waals surface area (Å²) in [5.41, 5.74) is 8.00. The Morgan fingerprint density at radius 3 is 1.65 bits per heavy atom. The summed E-state index contributed by atoms with van der Waals surface area (Å²) in [7, 11) is 0. The average Bonchev–Trinajstić information content (AvgIpc) is 3.92. The lowest BCUT2D eigenvalue weighted by Crippen LogP contribution is -2.00. The molecule has 11 rings (SSSR count). The second kappa shape index (κ2) is 10.8. The van der Waals surface area contributed by atoms with E-state index < -0.39 is 24.2 Å². The van der Waals surface area contributed by atoms with Crippen LogP contribution in [0.4, 0.5) is 0 Å². The molecule has 0 fully saturated rings. The van der Waals surface area contributed by atoms with E-state index in [4.69, 9.17) is 16.0 Å². The van der Waals surface area contributed by atoms with E-state index >= 15 is 0 Å². The number of pyridine rings is 1. The van der Waals surface area contributed by atoms with Crippen molar-refractivity contribution in [3.05, 3.63) is 182 Å². The van der Waals surface area contributed by atoms with Gasteiger partial charge in [0.15, 0.2) is 0 Å². The zero-order valence-electron chi connectivity index (χ0n) is 35.0. The highest BCUT2D eigenvalue weighted by Gasteiger charge is 2.19. The monoisotopic (exact) mass is 658 g/mol. The molecule has 0 unspecified atom stereocenters. The maximum atomic E-state index is 9.00. The van der Waals surface area contributed by atoms with Crippen LogP contribution in [0.15, 0.2) is 182 Å². The number of benzene rings is 7. The zero-order valence-corrected chi connectivity index (χ0v) is 27.0. The second-order valence-electron chi connectivity index (χ2n) is 12.6. The van der Waals surface area contributed by atoms with E-state index in [1.807, 2.05) is 60.8 Å². The van der Waals surface area contributed by atoms with Crippen molar-refractivity contribution in [3.8, 4) is 28.2 Å². The van der Waals surface area contributed by atoms with Gasteiger partial charge >= 0.3 is 0 Å². The summed E-state index contributed by atoms with van der Waals surface area (Å²) in [5.74, 6) is 0. The van der Waals surface area contributed by atoms with E-state index in [0.29, 0.717) is 5.69 Å². The fourth-order valence-corrected chi connectivity index (χ4v) is 7.80. The molecule has 0 radical (unpaired) electrons. The van der Waals surface area contributed by atoms with Crippen molar-refractivity contribution < 1.29 is 11.0 Å². The van der Waals surface area contributed by atoms with Crippen LogP contribution in [0.1, 0.15) is 11.0 Å². The minimum atomic E-state index is -0.474. The van der Waals surface area contributed by atoms with Gasteiger partial charge in [-0.15, -0.1) is 0 Å². The van der Waals surface area contributed by atoms with Crippen LogP contribution >= 0.6 is 0 Å². The predicted molar refractivity (Wildman–Crippen MR) is 213 cm³/mol. The minimum Gasteiger partial charge on any atom is -0.309 e. The molecule has 0 saturated heterocycles. The third kappa shape index (κ3) is 4.05. The molecule has 4 nitrogen and oxygen atoms in total. The Morgan fingerprint density at radius 2 is 0.961 bits per heavy atom. The first-order chi connectivity index (χ1) is 28.7. The molecule has 0 saturated carbocycles. The number of nitrogens with zero attached hydrogens (tertiary/aromatic N) is 4. The van der Waals surface area contributed by atoms with Crippen molar-refractivity contribution in [3.63, 3.8) is 0 Å². The van der Waals surface area contributed by atoms with E-state index in [2.05, 4.69) is 75.9 Å². The number of aromatic nitrogens is 4. The Hall–Kier alpha value is -6.91. The average molecular weight is 659 g/mol. The van der Waals surface area contributed by atoms with Gasteiger partial charge in [-0.05, 0) is 60.1 Å². The molecule has 0 spiro atoms. The summed E-state index contributed by atoms with van der Waals surface area (Å²) in [6, 6.07) is 39.5. The Morgan fingerprint density at radius 1 is 0.412 bits per heavy atom. The molecule has 4 heterocycles. The molecule has 0 amide bonds. The fourth-order valence-electron chi connectivity index (χ4n) is 7.80. The first kappa shape index (κ1) is 21.2. The Kier molecular flexibility index (Phi) is 4.49. The van der Waals surface area contributed by atoms with Gasteiger partial charge in [0.05, 0.1) is 56.1 Å². The van der Waals surface area contributed by atoms with Crippen LogP contribution in [-0.4, -0.2) is 18.7 Å². The predicted octanol–water partition coefficient (Wildman–Crippen LogP) is 12.0. The molecule has 0 atom stereocenters. The summed E-state index contributed by atoms with van der Waals surface area (Å²) >= 11 is 0. The third-order valence-corrected chi connectivity index (χ3v) is 9.93. The first-order valence-corrected chi connectivity index (χ1v) is 16.7. The van der Waals surface area contributed by atoms with Crippen LogP contribution in [-0.2, 0) is 0 Å². The van der Waals surface area contributed by atoms with E-state index in [-0.39, 0.29) is 46.0 Å². The van der Waals surface area contributed by atoms with Gasteiger partial charge in [0, 0.05) is 43.6 Å². The van der Waals surface area contributed by atoms with Gasteiger partial charge in [0.1, 0.15) is 5.65 Å². The lowest BCUT2D eigenvalue weighted by atomic mass is 10.0. The van der Waals surface area contributed by atoms with Crippen molar-refractivity contribution in [1.29, 1.82) is 0 Å². The van der Waals surface area contributed by atoms with Gasteiger partial charge in [-0.25, -0.2) is 4.98 Å². The van der Waals surface area contributed by atoms with Crippen LogP contribution in [0.5, 0.6) is 0 Å². The highest BCUT2D eigenvalue weighted by molar-refractivity contribution is 6.12. The van der Waals surface area contributed by atoms with Crippen LogP contribution in [0.3, 0.4) is 0 Å². The lowest BCUT2D eigenvalue weighted by Gasteiger charge is -2.15. The molecule has 0 N–H and O–H groups in total. The standard InChI is InChI=1S/C47H30N4/c1-7-22-41(34(16-1)31-14-13-15-32(28-31)49-42-23-8-2-17-35(42)36-18-3-9-24-43(36)49)51-46-27-12-6-21-39(46)40-29-33(30-48-47(40)51)50-44-25-10-4-19-37(44)38-20-5-11-26-45(38)50/h1-30H/i2D,3D,8D,9D,17D,18D,23D,24D. The van der Waals surface area contributed by atoms with Crippen molar-refractivity contribution in [2.45, 2.75) is 0 Å². The van der Waals surface area contributed by atoms with Gasteiger partial charge in [-0.2, -0.15) is 0 Å². The zero-order chi connectivity index (χ0) is 40.4. The molecule has 51 heavy (non-hydrogen) atoms. The molecule has 7 aromatic carbocycles. The van der Waals surface area contributed by atoms with Gasteiger partial charge in [-0.1, -0.05) is 121 Å². The van der Waals surface area contributed by atoms with Crippen molar-refractivity contribution in [1.82, 2.24) is 18.7 Å². The first-order valence-electron chi connectivity index (χ1n) is 20.7. The quantitative estimate of drug-likeness (QED) is 0.185. The van der Waals surface area contributed by atoms with Gasteiger partial charge in [0.2, 0.25) is 0 Å². The summed E-state index contributed by atoms with van der Waals surface area (Å²) in [5, 5.41) is 4.44. The number of fused-ring (bicyclic) bond motifs is 9. The molecule has 0 aliphatic rings. The second-order valence-corrected chi connectivity index (χ2v) is 12.6. The summed E-state index contributed by atoms with van der Waals surface area (Å²) in [4.78, 5) is 5.19. The van der Waals surface area contributed by atoms with Gasteiger partial charge in [0.25, 0.3) is 0 Å². The normalized spacial score (nSPS) is 14.1. The molecular weight excluding hydrogens is 621 g/mol.